The molecular formula is C11H17FN2O6. The van der Waals surface area contributed by atoms with Gasteiger partial charge in [0.1, 0.15) is 18.4 Å². The van der Waals surface area contributed by atoms with E-state index in [1.165, 1.54) is 0 Å². The first-order valence-corrected chi connectivity index (χ1v) is 5.70. The van der Waals surface area contributed by atoms with Gasteiger partial charge in [0.15, 0.2) is 5.72 Å². The fraction of sp³-hybridized carbons (Fsp3) is 0.636. The Hall–Kier alpha value is -1.55. The van der Waals surface area contributed by atoms with Crippen LogP contribution in [0.3, 0.4) is 0 Å². The molecule has 0 radical (unpaired) electrons. The molecule has 0 fully saturated rings. The summed E-state index contributed by atoms with van der Waals surface area (Å²) in [6.45, 7) is -1.19. The molecule has 0 unspecified atom stereocenters. The SMILES string of the molecule is CO[C@@](CO)(CF)[C@@H](O)[C@@](C)(O)n1ccc(=O)[nH]c1=O. The molecule has 1 aromatic rings. The molecule has 0 saturated carbocycles. The molecule has 3 atom stereocenters. The van der Waals surface area contributed by atoms with Crippen molar-refractivity contribution in [2.45, 2.75) is 24.4 Å². The molecule has 0 aliphatic rings. The van der Waals surface area contributed by atoms with E-state index in [9.17, 15) is 29.3 Å². The van der Waals surface area contributed by atoms with Gasteiger partial charge in [-0.2, -0.15) is 0 Å². The first-order chi connectivity index (χ1) is 9.25. The predicted molar refractivity (Wildman–Crippen MR) is 66.0 cm³/mol. The number of aromatic nitrogens is 2. The summed E-state index contributed by atoms with van der Waals surface area (Å²) in [4.78, 5) is 24.5. The summed E-state index contributed by atoms with van der Waals surface area (Å²) < 4.78 is 18.4. The summed E-state index contributed by atoms with van der Waals surface area (Å²) in [5, 5.41) is 29.6. The number of nitrogens with zero attached hydrogens (tertiary/aromatic N) is 1. The molecule has 9 heteroatoms. The molecular weight excluding hydrogens is 275 g/mol. The summed E-state index contributed by atoms with van der Waals surface area (Å²) in [7, 11) is 1.05. The predicted octanol–water partition coefficient (Wildman–Crippen LogP) is -2.09. The zero-order chi connectivity index (χ0) is 15.6. The number of alkyl halides is 1. The lowest BCUT2D eigenvalue weighted by Gasteiger charge is -2.40. The standard InChI is InChI=1S/C11H17FN2O6/c1-10(19,8(17)11(5-12,6-15)20-2)14-4-3-7(16)13-9(14)18/h3-4,8,15,17,19H,5-6H2,1-2H3,(H,13,16,18)/t8-,10+,11+/m0/s1. The number of hydrogen-bond donors (Lipinski definition) is 4. The maximum Gasteiger partial charge on any atom is 0.330 e. The van der Waals surface area contributed by atoms with Crippen molar-refractivity contribution in [3.05, 3.63) is 33.1 Å². The molecule has 0 saturated heterocycles. The van der Waals surface area contributed by atoms with Crippen LogP contribution in [0.15, 0.2) is 21.9 Å². The zero-order valence-electron chi connectivity index (χ0n) is 11.0. The van der Waals surface area contributed by atoms with E-state index in [0.717, 1.165) is 26.3 Å². The Morgan fingerprint density at radius 2 is 2.15 bits per heavy atom. The topological polar surface area (TPSA) is 125 Å². The van der Waals surface area contributed by atoms with Crippen LogP contribution in [-0.2, 0) is 10.5 Å². The Kier molecular flexibility index (Phi) is 4.81. The fourth-order valence-electron chi connectivity index (χ4n) is 1.84. The van der Waals surface area contributed by atoms with Crippen LogP contribution in [0, 0.1) is 0 Å². The van der Waals surface area contributed by atoms with Crippen LogP contribution >= 0.6 is 0 Å². The quantitative estimate of drug-likeness (QED) is 0.476. The second-order valence-electron chi connectivity index (χ2n) is 4.54. The number of H-pyrrole nitrogens is 1. The van der Waals surface area contributed by atoms with E-state index in [1.807, 2.05) is 4.98 Å². The van der Waals surface area contributed by atoms with Crippen molar-refractivity contribution >= 4 is 0 Å². The fourth-order valence-corrected chi connectivity index (χ4v) is 1.84. The number of rotatable bonds is 6. The average molecular weight is 292 g/mol. The Bertz CT molecular complexity index is 554. The highest BCUT2D eigenvalue weighted by atomic mass is 19.1. The van der Waals surface area contributed by atoms with Gasteiger partial charge in [0, 0.05) is 19.4 Å². The summed E-state index contributed by atoms with van der Waals surface area (Å²) in [6, 6.07) is 0.950. The molecule has 8 nitrogen and oxygen atoms in total. The van der Waals surface area contributed by atoms with Gasteiger partial charge in [0.05, 0.1) is 6.61 Å². The zero-order valence-corrected chi connectivity index (χ0v) is 11.0. The third kappa shape index (κ3) is 2.66. The average Bonchev–Trinajstić information content (AvgIpc) is 2.40. The highest BCUT2D eigenvalue weighted by Gasteiger charge is 2.49. The van der Waals surface area contributed by atoms with Gasteiger partial charge < -0.3 is 20.1 Å². The number of methoxy groups -OCH3 is 1. The molecule has 0 amide bonds. The number of hydrogen-bond acceptors (Lipinski definition) is 6. The van der Waals surface area contributed by atoms with Crippen molar-refractivity contribution in [1.82, 2.24) is 9.55 Å². The third-order valence-corrected chi connectivity index (χ3v) is 3.23. The van der Waals surface area contributed by atoms with Gasteiger partial charge in [0.2, 0.25) is 0 Å². The van der Waals surface area contributed by atoms with Crippen LogP contribution in [0.2, 0.25) is 0 Å². The maximum atomic E-state index is 13.1. The second-order valence-corrected chi connectivity index (χ2v) is 4.54. The lowest BCUT2D eigenvalue weighted by molar-refractivity contribution is -0.228. The van der Waals surface area contributed by atoms with Gasteiger partial charge in [-0.1, -0.05) is 0 Å². The smallest absolute Gasteiger partial charge is 0.330 e. The molecule has 0 aliphatic carbocycles. The van der Waals surface area contributed by atoms with Crippen molar-refractivity contribution in [3.8, 4) is 0 Å². The van der Waals surface area contributed by atoms with Gasteiger partial charge in [-0.15, -0.1) is 0 Å². The van der Waals surface area contributed by atoms with Crippen LogP contribution in [0.4, 0.5) is 4.39 Å². The van der Waals surface area contributed by atoms with E-state index >= 15 is 0 Å². The molecule has 1 heterocycles. The minimum atomic E-state index is -2.31. The van der Waals surface area contributed by atoms with Gasteiger partial charge in [-0.3, -0.25) is 14.3 Å². The van der Waals surface area contributed by atoms with Crippen LogP contribution in [0.25, 0.3) is 0 Å². The van der Waals surface area contributed by atoms with Crippen molar-refractivity contribution in [1.29, 1.82) is 0 Å². The Labute approximate surface area is 113 Å². The van der Waals surface area contributed by atoms with Gasteiger partial charge >= 0.3 is 5.69 Å². The molecule has 4 N–H and O–H groups in total. The number of aliphatic hydroxyl groups excluding tert-OH is 2. The lowest BCUT2D eigenvalue weighted by Crippen LogP contribution is -2.62. The van der Waals surface area contributed by atoms with Gasteiger partial charge in [-0.25, -0.2) is 9.18 Å². The van der Waals surface area contributed by atoms with Crippen LogP contribution in [-0.4, -0.2) is 57.0 Å². The normalized spacial score (nSPS) is 19.1. The summed E-state index contributed by atoms with van der Waals surface area (Å²) in [5.41, 5.74) is -6.10. The Morgan fingerprint density at radius 3 is 2.55 bits per heavy atom. The minimum Gasteiger partial charge on any atom is -0.393 e. The molecule has 0 bridgehead atoms. The molecule has 1 aromatic heterocycles. The first-order valence-electron chi connectivity index (χ1n) is 5.70. The van der Waals surface area contributed by atoms with Gasteiger partial charge in [-0.05, 0) is 6.92 Å². The maximum absolute atomic E-state index is 13.1. The van der Waals surface area contributed by atoms with E-state index in [-0.39, 0.29) is 0 Å². The number of aromatic amines is 1. The number of nitrogens with one attached hydrogen (secondary N) is 1. The Balaban J connectivity index is 3.34. The highest BCUT2D eigenvalue weighted by Crippen LogP contribution is 2.27. The second kappa shape index (κ2) is 5.83. The number of aliphatic hydroxyl groups is 3. The van der Waals surface area contributed by atoms with E-state index in [0.29, 0.717) is 4.57 Å². The van der Waals surface area contributed by atoms with Crippen LogP contribution < -0.4 is 11.2 Å². The van der Waals surface area contributed by atoms with Crippen LogP contribution in [0.1, 0.15) is 6.92 Å². The van der Waals surface area contributed by atoms with Gasteiger partial charge in [0.25, 0.3) is 5.56 Å². The van der Waals surface area contributed by atoms with Crippen molar-refractivity contribution in [3.63, 3.8) is 0 Å². The Morgan fingerprint density at radius 1 is 1.55 bits per heavy atom. The molecule has 1 rings (SSSR count). The first kappa shape index (κ1) is 16.5. The molecule has 0 aliphatic heterocycles. The molecule has 20 heavy (non-hydrogen) atoms. The number of ether oxygens (including phenoxy) is 1. The van der Waals surface area contributed by atoms with Crippen LogP contribution in [0.5, 0.6) is 0 Å². The van der Waals surface area contributed by atoms with E-state index in [4.69, 9.17) is 4.74 Å². The lowest BCUT2D eigenvalue weighted by atomic mass is 9.90. The van der Waals surface area contributed by atoms with E-state index < -0.39 is 42.0 Å². The number of halogens is 1. The van der Waals surface area contributed by atoms with E-state index in [1.54, 1.807) is 0 Å². The van der Waals surface area contributed by atoms with E-state index in [2.05, 4.69) is 0 Å². The van der Waals surface area contributed by atoms with Crippen molar-refractivity contribution < 1.29 is 24.4 Å². The largest absolute Gasteiger partial charge is 0.393 e. The molecule has 0 spiro atoms. The summed E-state index contributed by atoms with van der Waals surface area (Å²) >= 11 is 0. The third-order valence-electron chi connectivity index (χ3n) is 3.23. The summed E-state index contributed by atoms with van der Waals surface area (Å²) in [5.74, 6) is 0. The monoisotopic (exact) mass is 292 g/mol. The molecule has 114 valence electrons. The molecule has 0 aromatic carbocycles. The highest BCUT2D eigenvalue weighted by molar-refractivity contribution is 4.98. The minimum absolute atomic E-state index is 0.609. The van der Waals surface area contributed by atoms with Crippen molar-refractivity contribution in [2.24, 2.45) is 0 Å². The summed E-state index contributed by atoms with van der Waals surface area (Å²) in [6.07, 6.45) is -1.03. The van der Waals surface area contributed by atoms with Crippen molar-refractivity contribution in [2.75, 3.05) is 20.4 Å².